The predicted molar refractivity (Wildman–Crippen MR) is 116 cm³/mol. The topological polar surface area (TPSA) is 84.5 Å². The third-order valence-corrected chi connectivity index (χ3v) is 5.97. The maximum atomic E-state index is 12.8. The minimum absolute atomic E-state index is 0.0718. The Morgan fingerprint density at radius 2 is 1.72 bits per heavy atom. The summed E-state index contributed by atoms with van der Waals surface area (Å²) in [6.45, 7) is 7.39. The molecular weight excluding hydrogens is 388 g/mol. The van der Waals surface area contributed by atoms with Gasteiger partial charge in [0, 0.05) is 16.8 Å². The number of hydrogen-bond donors (Lipinski definition) is 2. The van der Waals surface area contributed by atoms with E-state index in [9.17, 15) is 13.2 Å². The second-order valence-corrected chi connectivity index (χ2v) is 9.63. The summed E-state index contributed by atoms with van der Waals surface area (Å²) in [4.78, 5) is 12.6. The van der Waals surface area contributed by atoms with Crippen LogP contribution in [0.1, 0.15) is 56.5 Å². The van der Waals surface area contributed by atoms with E-state index < -0.39 is 15.6 Å². The number of aryl methyl sites for hydroxylation is 1. The summed E-state index contributed by atoms with van der Waals surface area (Å²) in [5, 5.41) is 2.81. The molecule has 1 amide bonds. The molecule has 0 aliphatic rings. The van der Waals surface area contributed by atoms with Crippen molar-refractivity contribution < 1.29 is 17.9 Å². The van der Waals surface area contributed by atoms with Crippen molar-refractivity contribution in [1.29, 1.82) is 0 Å². The van der Waals surface area contributed by atoms with Crippen LogP contribution >= 0.6 is 0 Å². The maximum Gasteiger partial charge on any atom is 0.255 e. The minimum Gasteiger partial charge on any atom is -0.495 e. The molecule has 0 unspecified atom stereocenters. The lowest BCUT2D eigenvalue weighted by atomic mass is 10.1. The Bertz CT molecular complexity index is 946. The summed E-state index contributed by atoms with van der Waals surface area (Å²) in [7, 11) is -2.47. The first kappa shape index (κ1) is 22.9. The highest BCUT2D eigenvalue weighted by Gasteiger charge is 2.26. The number of benzene rings is 2. The van der Waals surface area contributed by atoms with Crippen LogP contribution in [-0.2, 0) is 16.4 Å². The fourth-order valence-electron chi connectivity index (χ4n) is 2.82. The number of anilines is 1. The number of rotatable bonds is 8. The number of carbonyl (C=O) groups is 1. The van der Waals surface area contributed by atoms with Crippen LogP contribution in [0.4, 0.5) is 5.69 Å². The maximum absolute atomic E-state index is 12.8. The van der Waals surface area contributed by atoms with Crippen molar-refractivity contribution in [2.75, 3.05) is 12.4 Å². The molecule has 0 bridgehead atoms. The highest BCUT2D eigenvalue weighted by molar-refractivity contribution is 7.89. The number of unbranched alkanes of at least 4 members (excludes halogenated alkanes) is 1. The molecule has 7 heteroatoms. The van der Waals surface area contributed by atoms with Crippen molar-refractivity contribution in [3.8, 4) is 5.75 Å². The van der Waals surface area contributed by atoms with E-state index in [0.717, 1.165) is 19.3 Å². The molecule has 0 aliphatic carbocycles. The van der Waals surface area contributed by atoms with Crippen molar-refractivity contribution in [2.24, 2.45) is 0 Å². The van der Waals surface area contributed by atoms with E-state index in [1.807, 2.05) is 24.3 Å². The highest BCUT2D eigenvalue weighted by atomic mass is 32.2. The molecule has 2 N–H and O–H groups in total. The van der Waals surface area contributed by atoms with Crippen molar-refractivity contribution >= 4 is 21.6 Å². The smallest absolute Gasteiger partial charge is 0.255 e. The molecule has 0 saturated heterocycles. The van der Waals surface area contributed by atoms with Crippen LogP contribution in [0.5, 0.6) is 5.75 Å². The van der Waals surface area contributed by atoms with Gasteiger partial charge < -0.3 is 10.1 Å². The fourth-order valence-corrected chi connectivity index (χ4v) is 4.44. The molecule has 158 valence electrons. The van der Waals surface area contributed by atoms with Crippen LogP contribution in [0.2, 0.25) is 0 Å². The van der Waals surface area contributed by atoms with Gasteiger partial charge in [-0.1, -0.05) is 25.5 Å². The van der Waals surface area contributed by atoms with Crippen molar-refractivity contribution in [3.63, 3.8) is 0 Å². The molecule has 0 atom stereocenters. The van der Waals surface area contributed by atoms with Gasteiger partial charge in [-0.2, -0.15) is 0 Å². The van der Waals surface area contributed by atoms with E-state index in [2.05, 4.69) is 17.0 Å². The molecule has 2 aromatic carbocycles. The number of carbonyl (C=O) groups excluding carboxylic acids is 1. The van der Waals surface area contributed by atoms with Gasteiger partial charge in [0.1, 0.15) is 10.6 Å². The first-order chi connectivity index (χ1) is 13.6. The summed E-state index contributed by atoms with van der Waals surface area (Å²) < 4.78 is 33.3. The lowest BCUT2D eigenvalue weighted by Crippen LogP contribution is -2.40. The van der Waals surface area contributed by atoms with Crippen LogP contribution in [-0.4, -0.2) is 27.0 Å². The monoisotopic (exact) mass is 418 g/mol. The SMILES string of the molecule is CCCCc1ccc(NC(=O)c2ccc(OC)c(S(=O)(=O)NC(C)(C)C)c2)cc1. The molecular formula is C22H30N2O4S. The van der Waals surface area contributed by atoms with Crippen LogP contribution in [0.25, 0.3) is 0 Å². The fraction of sp³-hybridized carbons (Fsp3) is 0.409. The molecule has 0 fully saturated rings. The van der Waals surface area contributed by atoms with Crippen molar-refractivity contribution in [3.05, 3.63) is 53.6 Å². The molecule has 29 heavy (non-hydrogen) atoms. The second-order valence-electron chi connectivity index (χ2n) is 7.98. The van der Waals surface area contributed by atoms with Gasteiger partial charge >= 0.3 is 0 Å². The Morgan fingerprint density at radius 3 is 2.28 bits per heavy atom. The minimum atomic E-state index is -3.86. The zero-order valence-corrected chi connectivity index (χ0v) is 18.5. The van der Waals surface area contributed by atoms with Gasteiger partial charge in [-0.3, -0.25) is 4.79 Å². The van der Waals surface area contributed by atoms with E-state index in [1.165, 1.54) is 24.8 Å². The number of amides is 1. The predicted octanol–water partition coefficient (Wildman–Crippen LogP) is 4.37. The summed E-state index contributed by atoms with van der Waals surface area (Å²) in [5.74, 6) is -0.209. The van der Waals surface area contributed by atoms with Gasteiger partial charge in [-0.15, -0.1) is 0 Å². The molecule has 2 aromatic rings. The normalized spacial score (nSPS) is 11.9. The Kier molecular flexibility index (Phi) is 7.43. The first-order valence-corrected chi connectivity index (χ1v) is 11.2. The number of sulfonamides is 1. The Hall–Kier alpha value is -2.38. The molecule has 0 aliphatic heterocycles. The average Bonchev–Trinajstić information content (AvgIpc) is 2.65. The Labute approximate surface area is 173 Å². The van der Waals surface area contributed by atoms with Crippen LogP contribution in [0, 0.1) is 0 Å². The van der Waals surface area contributed by atoms with Crippen molar-refractivity contribution in [1.82, 2.24) is 4.72 Å². The Balaban J connectivity index is 2.25. The van der Waals surface area contributed by atoms with Crippen LogP contribution in [0.3, 0.4) is 0 Å². The molecule has 0 aromatic heterocycles. The summed E-state index contributed by atoms with van der Waals surface area (Å²) in [5.41, 5.74) is 1.44. The number of methoxy groups -OCH3 is 1. The summed E-state index contributed by atoms with van der Waals surface area (Å²) >= 11 is 0. The van der Waals surface area contributed by atoms with E-state index in [4.69, 9.17) is 4.74 Å². The molecule has 0 spiro atoms. The van der Waals surface area contributed by atoms with Gasteiger partial charge in [0.15, 0.2) is 0 Å². The van der Waals surface area contributed by atoms with E-state index in [0.29, 0.717) is 5.69 Å². The number of hydrogen-bond acceptors (Lipinski definition) is 4. The van der Waals surface area contributed by atoms with E-state index in [1.54, 1.807) is 26.8 Å². The quantitative estimate of drug-likeness (QED) is 0.667. The van der Waals surface area contributed by atoms with Gasteiger partial charge in [-0.25, -0.2) is 13.1 Å². The first-order valence-electron chi connectivity index (χ1n) is 9.68. The molecule has 0 heterocycles. The number of ether oxygens (including phenoxy) is 1. The van der Waals surface area contributed by atoms with Crippen molar-refractivity contribution in [2.45, 2.75) is 57.4 Å². The third-order valence-electron chi connectivity index (χ3n) is 4.19. The lowest BCUT2D eigenvalue weighted by molar-refractivity contribution is 0.102. The van der Waals surface area contributed by atoms with E-state index >= 15 is 0 Å². The third kappa shape index (κ3) is 6.58. The van der Waals surface area contributed by atoms with Crippen LogP contribution in [0.15, 0.2) is 47.4 Å². The van der Waals surface area contributed by atoms with E-state index in [-0.39, 0.29) is 22.1 Å². The lowest BCUT2D eigenvalue weighted by Gasteiger charge is -2.21. The summed E-state index contributed by atoms with van der Waals surface area (Å²) in [6.07, 6.45) is 3.26. The van der Waals surface area contributed by atoms with Gasteiger partial charge in [0.05, 0.1) is 7.11 Å². The summed E-state index contributed by atoms with van der Waals surface area (Å²) in [6, 6.07) is 12.0. The zero-order chi connectivity index (χ0) is 21.7. The average molecular weight is 419 g/mol. The van der Waals surface area contributed by atoms with Gasteiger partial charge in [0.25, 0.3) is 5.91 Å². The Morgan fingerprint density at radius 1 is 1.07 bits per heavy atom. The molecule has 6 nitrogen and oxygen atoms in total. The standard InChI is InChI=1S/C22H30N2O4S/c1-6-7-8-16-9-12-18(13-10-16)23-21(25)17-11-14-19(28-5)20(15-17)29(26,27)24-22(2,3)4/h9-15,24H,6-8H2,1-5H3,(H,23,25). The van der Waals surface area contributed by atoms with Gasteiger partial charge in [-0.05, 0) is 69.5 Å². The highest BCUT2D eigenvalue weighted by Crippen LogP contribution is 2.26. The molecule has 0 radical (unpaired) electrons. The largest absolute Gasteiger partial charge is 0.495 e. The molecule has 0 saturated carbocycles. The molecule has 2 rings (SSSR count). The second kappa shape index (κ2) is 9.41. The number of nitrogens with one attached hydrogen (secondary N) is 2. The van der Waals surface area contributed by atoms with Crippen LogP contribution < -0.4 is 14.8 Å². The zero-order valence-electron chi connectivity index (χ0n) is 17.7. The van der Waals surface area contributed by atoms with Gasteiger partial charge in [0.2, 0.25) is 10.0 Å².